The first kappa shape index (κ1) is 18.5. The molecular formula is C18H32N2S. The zero-order chi connectivity index (χ0) is 15.9. The number of rotatable bonds is 8. The molecule has 120 valence electrons. The molecule has 0 saturated heterocycles. The Morgan fingerprint density at radius 1 is 1.24 bits per heavy atom. The van der Waals surface area contributed by atoms with Crippen LogP contribution >= 0.6 is 11.8 Å². The molecule has 0 aliphatic carbocycles. The van der Waals surface area contributed by atoms with Crippen molar-refractivity contribution in [3.63, 3.8) is 0 Å². The topological polar surface area (TPSA) is 15.3 Å². The minimum Gasteiger partial charge on any atom is -0.308 e. The van der Waals surface area contributed by atoms with E-state index < -0.39 is 0 Å². The summed E-state index contributed by atoms with van der Waals surface area (Å²) in [6.45, 7) is 10.9. The number of hydrogen-bond acceptors (Lipinski definition) is 3. The van der Waals surface area contributed by atoms with Gasteiger partial charge in [-0.15, -0.1) is 0 Å². The van der Waals surface area contributed by atoms with Crippen molar-refractivity contribution in [1.82, 2.24) is 10.2 Å². The first-order chi connectivity index (χ1) is 9.81. The highest BCUT2D eigenvalue weighted by atomic mass is 32.2. The molecule has 0 aromatic heterocycles. The van der Waals surface area contributed by atoms with Crippen LogP contribution in [-0.4, -0.2) is 35.5 Å². The van der Waals surface area contributed by atoms with Gasteiger partial charge >= 0.3 is 0 Å². The average Bonchev–Trinajstić information content (AvgIpc) is 2.42. The minimum atomic E-state index is 0.166. The minimum absolute atomic E-state index is 0.166. The molecule has 1 rings (SSSR count). The van der Waals surface area contributed by atoms with E-state index in [1.54, 1.807) is 0 Å². The second-order valence-corrected chi connectivity index (χ2v) is 7.95. The summed E-state index contributed by atoms with van der Waals surface area (Å²) in [6, 6.07) is 9.58. The molecule has 0 bridgehead atoms. The molecule has 0 aliphatic heterocycles. The Morgan fingerprint density at radius 3 is 2.52 bits per heavy atom. The standard InChI is InChI=1S/C18H32N2S/c1-15(10-11-21-6)20(5)14-17-9-7-8-16(12-17)13-19-18(2,3)4/h7-9,12,15,19H,10-11,13-14H2,1-6H3. The van der Waals surface area contributed by atoms with E-state index in [-0.39, 0.29) is 5.54 Å². The Kier molecular flexibility index (Phi) is 7.78. The lowest BCUT2D eigenvalue weighted by atomic mass is 10.1. The highest BCUT2D eigenvalue weighted by molar-refractivity contribution is 7.98. The van der Waals surface area contributed by atoms with Gasteiger partial charge in [0.15, 0.2) is 0 Å². The molecule has 0 fully saturated rings. The van der Waals surface area contributed by atoms with Crippen LogP contribution in [0, 0.1) is 0 Å². The molecule has 0 aliphatic rings. The molecule has 21 heavy (non-hydrogen) atoms. The third-order valence-electron chi connectivity index (χ3n) is 3.74. The molecule has 0 saturated carbocycles. The molecule has 3 heteroatoms. The van der Waals surface area contributed by atoms with Crippen LogP contribution in [-0.2, 0) is 13.1 Å². The molecule has 0 radical (unpaired) electrons. The van der Waals surface area contributed by atoms with Gasteiger partial charge in [0.1, 0.15) is 0 Å². The summed E-state index contributed by atoms with van der Waals surface area (Å²) in [6.07, 6.45) is 3.43. The van der Waals surface area contributed by atoms with Gasteiger partial charge in [0, 0.05) is 24.7 Å². The fourth-order valence-corrected chi connectivity index (χ4v) is 2.73. The number of benzene rings is 1. The Morgan fingerprint density at radius 2 is 1.90 bits per heavy atom. The average molecular weight is 309 g/mol. The quantitative estimate of drug-likeness (QED) is 0.777. The van der Waals surface area contributed by atoms with Crippen molar-refractivity contribution in [3.8, 4) is 0 Å². The van der Waals surface area contributed by atoms with Gasteiger partial charge in [-0.2, -0.15) is 11.8 Å². The van der Waals surface area contributed by atoms with Crippen LogP contribution in [0.15, 0.2) is 24.3 Å². The van der Waals surface area contributed by atoms with Gasteiger partial charge in [-0.05, 0) is 64.3 Å². The molecule has 1 atom stereocenters. The van der Waals surface area contributed by atoms with Crippen molar-refractivity contribution in [3.05, 3.63) is 35.4 Å². The van der Waals surface area contributed by atoms with Crippen molar-refractivity contribution in [2.45, 2.75) is 58.8 Å². The summed E-state index contributed by atoms with van der Waals surface area (Å²) in [5.74, 6) is 1.24. The zero-order valence-corrected chi connectivity index (χ0v) is 15.4. The second-order valence-electron chi connectivity index (χ2n) is 6.97. The molecule has 0 amide bonds. The van der Waals surface area contributed by atoms with Gasteiger partial charge in [-0.1, -0.05) is 24.3 Å². The van der Waals surface area contributed by atoms with Gasteiger partial charge in [-0.3, -0.25) is 4.90 Å². The Bertz CT molecular complexity index is 412. The Labute approximate surface area is 135 Å². The third kappa shape index (κ3) is 7.89. The van der Waals surface area contributed by atoms with Crippen LogP contribution in [0.25, 0.3) is 0 Å². The van der Waals surface area contributed by atoms with Crippen molar-refractivity contribution >= 4 is 11.8 Å². The monoisotopic (exact) mass is 308 g/mol. The van der Waals surface area contributed by atoms with Crippen molar-refractivity contribution in [1.29, 1.82) is 0 Å². The number of nitrogens with one attached hydrogen (secondary N) is 1. The van der Waals surface area contributed by atoms with E-state index in [0.717, 1.165) is 13.1 Å². The lowest BCUT2D eigenvalue weighted by molar-refractivity contribution is 0.245. The number of hydrogen-bond donors (Lipinski definition) is 1. The van der Waals surface area contributed by atoms with Gasteiger partial charge in [-0.25, -0.2) is 0 Å². The van der Waals surface area contributed by atoms with Crippen LogP contribution in [0.3, 0.4) is 0 Å². The zero-order valence-electron chi connectivity index (χ0n) is 14.6. The molecular weight excluding hydrogens is 276 g/mol. The molecule has 1 aromatic carbocycles. The molecule has 0 heterocycles. The van der Waals surface area contributed by atoms with Crippen molar-refractivity contribution < 1.29 is 0 Å². The van der Waals surface area contributed by atoms with Crippen LogP contribution in [0.5, 0.6) is 0 Å². The van der Waals surface area contributed by atoms with Gasteiger partial charge < -0.3 is 5.32 Å². The summed E-state index contributed by atoms with van der Waals surface area (Å²) < 4.78 is 0. The summed E-state index contributed by atoms with van der Waals surface area (Å²) in [4.78, 5) is 2.45. The van der Waals surface area contributed by atoms with Crippen LogP contribution in [0.1, 0.15) is 45.2 Å². The maximum absolute atomic E-state index is 3.55. The predicted octanol–water partition coefficient (Wildman–Crippen LogP) is 4.15. The van der Waals surface area contributed by atoms with Crippen LogP contribution in [0.2, 0.25) is 0 Å². The van der Waals surface area contributed by atoms with Crippen molar-refractivity contribution in [2.24, 2.45) is 0 Å². The highest BCUT2D eigenvalue weighted by Crippen LogP contribution is 2.13. The lowest BCUT2D eigenvalue weighted by Gasteiger charge is -2.25. The molecule has 2 nitrogen and oxygen atoms in total. The number of thioether (sulfide) groups is 1. The van der Waals surface area contributed by atoms with Gasteiger partial charge in [0.2, 0.25) is 0 Å². The highest BCUT2D eigenvalue weighted by Gasteiger charge is 2.11. The largest absolute Gasteiger partial charge is 0.308 e. The lowest BCUT2D eigenvalue weighted by Crippen LogP contribution is -2.35. The Balaban J connectivity index is 2.55. The SMILES string of the molecule is CSCCC(C)N(C)Cc1cccc(CNC(C)(C)C)c1. The first-order valence-electron chi connectivity index (χ1n) is 7.84. The van der Waals surface area contributed by atoms with Gasteiger partial charge in [0.05, 0.1) is 0 Å². The summed E-state index contributed by atoms with van der Waals surface area (Å²) in [5, 5.41) is 3.55. The maximum Gasteiger partial charge on any atom is 0.0233 e. The summed E-state index contributed by atoms with van der Waals surface area (Å²) in [7, 11) is 2.23. The van der Waals surface area contributed by atoms with E-state index in [2.05, 4.69) is 75.5 Å². The summed E-state index contributed by atoms with van der Waals surface area (Å²) >= 11 is 1.93. The van der Waals surface area contributed by atoms with Gasteiger partial charge in [0.25, 0.3) is 0 Å². The van der Waals surface area contributed by atoms with E-state index in [9.17, 15) is 0 Å². The normalized spacial score (nSPS) is 13.7. The van der Waals surface area contributed by atoms with E-state index in [1.165, 1.54) is 23.3 Å². The molecule has 1 aromatic rings. The fourth-order valence-electron chi connectivity index (χ4n) is 2.16. The van der Waals surface area contributed by atoms with E-state index in [4.69, 9.17) is 0 Å². The Hall–Kier alpha value is -0.510. The molecule has 1 N–H and O–H groups in total. The molecule has 0 spiro atoms. The number of nitrogens with zero attached hydrogens (tertiary/aromatic N) is 1. The van der Waals surface area contributed by atoms with Crippen LogP contribution in [0.4, 0.5) is 0 Å². The predicted molar refractivity (Wildman–Crippen MR) is 97.0 cm³/mol. The van der Waals surface area contributed by atoms with E-state index in [0.29, 0.717) is 6.04 Å². The van der Waals surface area contributed by atoms with Crippen LogP contribution < -0.4 is 5.32 Å². The molecule has 1 unspecified atom stereocenters. The second kappa shape index (κ2) is 8.82. The van der Waals surface area contributed by atoms with Crippen molar-refractivity contribution in [2.75, 3.05) is 19.1 Å². The van der Waals surface area contributed by atoms with E-state index in [1.807, 2.05) is 11.8 Å². The summed E-state index contributed by atoms with van der Waals surface area (Å²) in [5.41, 5.74) is 2.94. The first-order valence-corrected chi connectivity index (χ1v) is 9.23. The fraction of sp³-hybridized carbons (Fsp3) is 0.667. The smallest absolute Gasteiger partial charge is 0.0233 e. The van der Waals surface area contributed by atoms with E-state index >= 15 is 0 Å². The maximum atomic E-state index is 3.55. The third-order valence-corrected chi connectivity index (χ3v) is 4.38.